The van der Waals surface area contributed by atoms with Crippen LogP contribution >= 0.6 is 0 Å². The molecule has 1 aliphatic rings. The number of hydrogen-bond donors (Lipinski definition) is 2. The van der Waals surface area contributed by atoms with Crippen LogP contribution < -0.4 is 5.73 Å². The Morgan fingerprint density at radius 2 is 2.06 bits per heavy atom. The first-order chi connectivity index (χ1) is 7.54. The van der Waals surface area contributed by atoms with E-state index in [1.54, 1.807) is 13.0 Å². The van der Waals surface area contributed by atoms with E-state index in [2.05, 4.69) is 9.97 Å². The highest BCUT2D eigenvalue weighted by molar-refractivity contribution is 5.81. The predicted octanol–water partition coefficient (Wildman–Crippen LogP) is 1.26. The van der Waals surface area contributed by atoms with Crippen molar-refractivity contribution in [2.75, 3.05) is 5.73 Å². The monoisotopic (exact) mass is 221 g/mol. The molecule has 0 aromatic carbocycles. The second-order valence-corrected chi connectivity index (χ2v) is 4.32. The average molecular weight is 221 g/mol. The van der Waals surface area contributed by atoms with Gasteiger partial charge in [-0.15, -0.1) is 0 Å². The van der Waals surface area contributed by atoms with Crippen LogP contribution in [0.25, 0.3) is 0 Å². The molecule has 1 heterocycles. The molecule has 0 radical (unpaired) electrons. The van der Waals surface area contributed by atoms with E-state index in [9.17, 15) is 9.90 Å². The number of anilines is 1. The first kappa shape index (κ1) is 10.9. The van der Waals surface area contributed by atoms with Crippen LogP contribution in [0.3, 0.4) is 0 Å². The number of aliphatic carboxylic acids is 1. The van der Waals surface area contributed by atoms with E-state index in [0.29, 0.717) is 30.2 Å². The van der Waals surface area contributed by atoms with Crippen molar-refractivity contribution in [3.05, 3.63) is 17.6 Å². The molecule has 86 valence electrons. The van der Waals surface area contributed by atoms with Gasteiger partial charge in [0.2, 0.25) is 0 Å². The number of rotatable bonds is 2. The largest absolute Gasteiger partial charge is 0.481 e. The predicted molar refractivity (Wildman–Crippen MR) is 59.0 cm³/mol. The summed E-state index contributed by atoms with van der Waals surface area (Å²) in [7, 11) is 0. The maximum atomic E-state index is 11.4. The van der Waals surface area contributed by atoms with Gasteiger partial charge in [0.15, 0.2) is 0 Å². The molecule has 5 heteroatoms. The summed E-state index contributed by atoms with van der Waals surface area (Å²) in [6.45, 7) is 1.73. The summed E-state index contributed by atoms with van der Waals surface area (Å²) >= 11 is 0. The van der Waals surface area contributed by atoms with E-state index in [1.807, 2.05) is 0 Å². The normalized spacial score (nSPS) is 18.6. The molecule has 0 unspecified atom stereocenters. The van der Waals surface area contributed by atoms with Gasteiger partial charge in [-0.05, 0) is 19.8 Å². The van der Waals surface area contributed by atoms with Crippen molar-refractivity contribution < 1.29 is 9.90 Å². The molecule has 1 aromatic heterocycles. The van der Waals surface area contributed by atoms with Crippen LogP contribution in [0.1, 0.15) is 37.2 Å². The maximum absolute atomic E-state index is 11.4. The summed E-state index contributed by atoms with van der Waals surface area (Å²) in [5.41, 5.74) is 5.35. The SMILES string of the molecule is Cc1nc(N)cc(C2(C(=O)O)CCCC2)n1. The van der Waals surface area contributed by atoms with Crippen LogP contribution in [0.4, 0.5) is 5.82 Å². The minimum Gasteiger partial charge on any atom is -0.481 e. The third kappa shape index (κ3) is 1.62. The summed E-state index contributed by atoms with van der Waals surface area (Å²) in [4.78, 5) is 19.7. The van der Waals surface area contributed by atoms with E-state index >= 15 is 0 Å². The van der Waals surface area contributed by atoms with Crippen LogP contribution in [0.5, 0.6) is 0 Å². The number of nitrogens with zero attached hydrogens (tertiary/aromatic N) is 2. The summed E-state index contributed by atoms with van der Waals surface area (Å²) in [6, 6.07) is 1.59. The zero-order valence-electron chi connectivity index (χ0n) is 9.23. The Bertz CT molecular complexity index is 405. The molecule has 16 heavy (non-hydrogen) atoms. The molecule has 1 saturated carbocycles. The van der Waals surface area contributed by atoms with Gasteiger partial charge >= 0.3 is 5.97 Å². The minimum atomic E-state index is -0.845. The molecule has 0 saturated heterocycles. The van der Waals surface area contributed by atoms with Crippen LogP contribution in [0.2, 0.25) is 0 Å². The van der Waals surface area contributed by atoms with Gasteiger partial charge in [0.1, 0.15) is 17.1 Å². The number of aryl methyl sites for hydroxylation is 1. The first-order valence-corrected chi connectivity index (χ1v) is 5.40. The standard InChI is InChI=1S/C11H15N3O2/c1-7-13-8(6-9(12)14-7)11(10(15)16)4-2-3-5-11/h6H,2-5H2,1H3,(H,15,16)(H2,12,13,14). The Morgan fingerprint density at radius 1 is 1.44 bits per heavy atom. The molecular formula is C11H15N3O2. The number of nitrogen functional groups attached to an aromatic ring is 1. The van der Waals surface area contributed by atoms with E-state index in [-0.39, 0.29) is 0 Å². The summed E-state index contributed by atoms with van der Waals surface area (Å²) in [5.74, 6) is 0.0695. The molecule has 3 N–H and O–H groups in total. The fraction of sp³-hybridized carbons (Fsp3) is 0.545. The Kier molecular flexibility index (Phi) is 2.53. The van der Waals surface area contributed by atoms with Gasteiger partial charge in [-0.1, -0.05) is 12.8 Å². The third-order valence-electron chi connectivity index (χ3n) is 3.21. The topological polar surface area (TPSA) is 89.1 Å². The van der Waals surface area contributed by atoms with Gasteiger partial charge in [0, 0.05) is 6.07 Å². The van der Waals surface area contributed by atoms with Gasteiger partial charge in [0.25, 0.3) is 0 Å². The highest BCUT2D eigenvalue weighted by atomic mass is 16.4. The number of carboxylic acids is 1. The van der Waals surface area contributed by atoms with Crippen molar-refractivity contribution in [1.82, 2.24) is 9.97 Å². The smallest absolute Gasteiger partial charge is 0.315 e. The van der Waals surface area contributed by atoms with Crippen molar-refractivity contribution in [3.63, 3.8) is 0 Å². The first-order valence-electron chi connectivity index (χ1n) is 5.40. The number of carboxylic acid groups (broad SMARTS) is 1. The van der Waals surface area contributed by atoms with Crippen LogP contribution in [-0.4, -0.2) is 21.0 Å². The second kappa shape index (κ2) is 3.73. The number of hydrogen-bond acceptors (Lipinski definition) is 4. The molecule has 2 rings (SSSR count). The van der Waals surface area contributed by atoms with Crippen molar-refractivity contribution in [2.24, 2.45) is 0 Å². The van der Waals surface area contributed by atoms with Crippen molar-refractivity contribution in [2.45, 2.75) is 38.0 Å². The molecule has 5 nitrogen and oxygen atoms in total. The number of aromatic nitrogens is 2. The van der Waals surface area contributed by atoms with Crippen molar-refractivity contribution in [1.29, 1.82) is 0 Å². The quantitative estimate of drug-likeness (QED) is 0.784. The lowest BCUT2D eigenvalue weighted by molar-refractivity contribution is -0.143. The molecule has 0 amide bonds. The highest BCUT2D eigenvalue weighted by Gasteiger charge is 2.44. The third-order valence-corrected chi connectivity index (χ3v) is 3.21. The Labute approximate surface area is 93.7 Å². The van der Waals surface area contributed by atoms with Gasteiger partial charge < -0.3 is 10.8 Å². The molecule has 0 aliphatic heterocycles. The molecule has 1 fully saturated rings. The Hall–Kier alpha value is -1.65. The number of carbonyl (C=O) groups is 1. The zero-order chi connectivity index (χ0) is 11.8. The fourth-order valence-electron chi connectivity index (χ4n) is 2.39. The van der Waals surface area contributed by atoms with Crippen LogP contribution in [0, 0.1) is 6.92 Å². The molecule has 0 atom stereocenters. The van der Waals surface area contributed by atoms with Crippen LogP contribution in [-0.2, 0) is 10.2 Å². The summed E-state index contributed by atoms with van der Waals surface area (Å²) in [6.07, 6.45) is 3.13. The summed E-state index contributed by atoms with van der Waals surface area (Å²) in [5, 5.41) is 9.40. The van der Waals surface area contributed by atoms with Gasteiger partial charge in [0.05, 0.1) is 5.69 Å². The van der Waals surface area contributed by atoms with Gasteiger partial charge in [-0.2, -0.15) is 0 Å². The van der Waals surface area contributed by atoms with Crippen molar-refractivity contribution in [3.8, 4) is 0 Å². The van der Waals surface area contributed by atoms with E-state index < -0.39 is 11.4 Å². The molecule has 0 spiro atoms. The molecule has 1 aromatic rings. The molecule has 1 aliphatic carbocycles. The van der Waals surface area contributed by atoms with Crippen LogP contribution in [0.15, 0.2) is 6.07 Å². The minimum absolute atomic E-state index is 0.343. The second-order valence-electron chi connectivity index (χ2n) is 4.32. The lowest BCUT2D eigenvalue weighted by Gasteiger charge is -2.23. The lowest BCUT2D eigenvalue weighted by Crippen LogP contribution is -2.34. The average Bonchev–Trinajstić information content (AvgIpc) is 2.65. The van der Waals surface area contributed by atoms with Gasteiger partial charge in [-0.3, -0.25) is 4.79 Å². The molecular weight excluding hydrogens is 206 g/mol. The zero-order valence-corrected chi connectivity index (χ0v) is 9.23. The summed E-state index contributed by atoms with van der Waals surface area (Å²) < 4.78 is 0. The highest BCUT2D eigenvalue weighted by Crippen LogP contribution is 2.40. The fourth-order valence-corrected chi connectivity index (χ4v) is 2.39. The Balaban J connectivity index is 2.51. The lowest BCUT2D eigenvalue weighted by atomic mass is 9.82. The maximum Gasteiger partial charge on any atom is 0.315 e. The Morgan fingerprint density at radius 3 is 2.56 bits per heavy atom. The van der Waals surface area contributed by atoms with E-state index in [1.165, 1.54) is 0 Å². The van der Waals surface area contributed by atoms with E-state index in [0.717, 1.165) is 12.8 Å². The number of nitrogens with two attached hydrogens (primary N) is 1. The van der Waals surface area contributed by atoms with Gasteiger partial charge in [-0.25, -0.2) is 9.97 Å². The van der Waals surface area contributed by atoms with Crippen molar-refractivity contribution >= 4 is 11.8 Å². The van der Waals surface area contributed by atoms with E-state index in [4.69, 9.17) is 5.73 Å². The molecule has 0 bridgehead atoms.